The second-order valence-corrected chi connectivity index (χ2v) is 4.76. The van der Waals surface area contributed by atoms with E-state index in [1.165, 1.54) is 17.0 Å². The number of nitro benzene ring substituents is 1. The summed E-state index contributed by atoms with van der Waals surface area (Å²) in [6, 6.07) is 3.49. The summed E-state index contributed by atoms with van der Waals surface area (Å²) in [5.74, 6) is -2.47. The zero-order valence-electron chi connectivity index (χ0n) is 11.6. The number of amides is 2. The number of ether oxygens (including phenoxy) is 1. The zero-order valence-corrected chi connectivity index (χ0v) is 11.6. The molecular formula is C13H13N3O6. The number of methoxy groups -OCH3 is 1. The molecule has 0 aromatic heterocycles. The average Bonchev–Trinajstić information content (AvgIpc) is 2.87. The van der Waals surface area contributed by atoms with Crippen molar-refractivity contribution in [2.24, 2.45) is 11.7 Å². The number of non-ortho nitro benzene ring substituents is 1. The molecular weight excluding hydrogens is 294 g/mol. The van der Waals surface area contributed by atoms with Gasteiger partial charge in [0.25, 0.3) is 5.69 Å². The number of benzene rings is 1. The Bertz CT molecular complexity index is 672. The lowest BCUT2D eigenvalue weighted by Crippen LogP contribution is -2.29. The second kappa shape index (κ2) is 5.80. The number of nitro groups is 1. The molecule has 1 unspecified atom stereocenters. The maximum absolute atomic E-state index is 12.0. The number of nitrogens with two attached hydrogens (primary N) is 1. The summed E-state index contributed by atoms with van der Waals surface area (Å²) in [5, 5.41) is 10.8. The second-order valence-electron chi connectivity index (χ2n) is 4.76. The monoisotopic (exact) mass is 307 g/mol. The fraction of sp³-hybridized carbons (Fsp3) is 0.308. The summed E-state index contributed by atoms with van der Waals surface area (Å²) in [4.78, 5) is 46.4. The Morgan fingerprint density at radius 1 is 1.45 bits per heavy atom. The molecule has 1 fully saturated rings. The molecule has 116 valence electrons. The fourth-order valence-electron chi connectivity index (χ4n) is 2.28. The molecule has 22 heavy (non-hydrogen) atoms. The smallest absolute Gasteiger partial charge is 0.340 e. The summed E-state index contributed by atoms with van der Waals surface area (Å²) < 4.78 is 4.59. The van der Waals surface area contributed by atoms with Crippen molar-refractivity contribution in [1.29, 1.82) is 0 Å². The largest absolute Gasteiger partial charge is 0.465 e. The third-order valence-corrected chi connectivity index (χ3v) is 3.41. The van der Waals surface area contributed by atoms with Crippen LogP contribution in [0.3, 0.4) is 0 Å². The number of esters is 1. The number of primary amides is 1. The molecule has 1 aromatic rings. The minimum atomic E-state index is -0.811. The van der Waals surface area contributed by atoms with Gasteiger partial charge in [-0.25, -0.2) is 4.79 Å². The Balaban J connectivity index is 2.46. The van der Waals surface area contributed by atoms with Crippen molar-refractivity contribution in [3.63, 3.8) is 0 Å². The number of carbonyl (C=O) groups is 3. The minimum Gasteiger partial charge on any atom is -0.465 e. The Hall–Kier alpha value is -2.97. The number of rotatable bonds is 4. The van der Waals surface area contributed by atoms with Crippen LogP contribution in [0.15, 0.2) is 18.2 Å². The van der Waals surface area contributed by atoms with Gasteiger partial charge >= 0.3 is 5.97 Å². The van der Waals surface area contributed by atoms with E-state index in [9.17, 15) is 24.5 Å². The number of hydrogen-bond acceptors (Lipinski definition) is 6. The van der Waals surface area contributed by atoms with Gasteiger partial charge in [0.1, 0.15) is 0 Å². The van der Waals surface area contributed by atoms with Crippen LogP contribution in [0.4, 0.5) is 11.4 Å². The molecule has 1 aliphatic rings. The molecule has 0 saturated carbocycles. The molecule has 0 bridgehead atoms. The van der Waals surface area contributed by atoms with E-state index in [0.29, 0.717) is 0 Å². The number of anilines is 1. The van der Waals surface area contributed by atoms with Crippen molar-refractivity contribution < 1.29 is 24.0 Å². The molecule has 0 spiro atoms. The van der Waals surface area contributed by atoms with Gasteiger partial charge in [0.2, 0.25) is 11.8 Å². The third-order valence-electron chi connectivity index (χ3n) is 3.41. The molecule has 9 nitrogen and oxygen atoms in total. The van der Waals surface area contributed by atoms with Crippen LogP contribution in [0.2, 0.25) is 0 Å². The van der Waals surface area contributed by atoms with Gasteiger partial charge < -0.3 is 15.4 Å². The van der Waals surface area contributed by atoms with E-state index in [4.69, 9.17) is 5.73 Å². The highest BCUT2D eigenvalue weighted by molar-refractivity contribution is 6.06. The Labute approximate surface area is 124 Å². The predicted octanol–water partition coefficient (Wildman–Crippen LogP) is 0.220. The Morgan fingerprint density at radius 3 is 2.64 bits per heavy atom. The van der Waals surface area contributed by atoms with Crippen LogP contribution < -0.4 is 10.6 Å². The van der Waals surface area contributed by atoms with Crippen molar-refractivity contribution in [2.45, 2.75) is 6.42 Å². The quantitative estimate of drug-likeness (QED) is 0.480. The Kier molecular flexibility index (Phi) is 4.06. The van der Waals surface area contributed by atoms with E-state index >= 15 is 0 Å². The first-order valence-corrected chi connectivity index (χ1v) is 6.31. The van der Waals surface area contributed by atoms with E-state index in [1.807, 2.05) is 0 Å². The summed E-state index contributed by atoms with van der Waals surface area (Å²) in [6.07, 6.45) is -0.0626. The Morgan fingerprint density at radius 2 is 2.14 bits per heavy atom. The van der Waals surface area contributed by atoms with Crippen molar-refractivity contribution in [3.05, 3.63) is 33.9 Å². The molecule has 1 heterocycles. The summed E-state index contributed by atoms with van der Waals surface area (Å²) in [6.45, 7) is 0.0238. The van der Waals surface area contributed by atoms with Crippen molar-refractivity contribution in [1.82, 2.24) is 0 Å². The van der Waals surface area contributed by atoms with E-state index in [2.05, 4.69) is 4.74 Å². The maximum Gasteiger partial charge on any atom is 0.340 e. The minimum absolute atomic E-state index is 0.0238. The normalized spacial score (nSPS) is 17.4. The molecule has 0 aliphatic carbocycles. The van der Waals surface area contributed by atoms with E-state index < -0.39 is 22.7 Å². The first-order valence-electron chi connectivity index (χ1n) is 6.31. The lowest BCUT2D eigenvalue weighted by atomic mass is 10.1. The lowest BCUT2D eigenvalue weighted by molar-refractivity contribution is -0.384. The molecule has 2 rings (SSSR count). The zero-order chi connectivity index (χ0) is 16.4. The molecule has 1 aliphatic heterocycles. The van der Waals surface area contributed by atoms with Crippen LogP contribution in [0.5, 0.6) is 0 Å². The molecule has 0 radical (unpaired) electrons. The molecule has 1 saturated heterocycles. The van der Waals surface area contributed by atoms with Crippen LogP contribution in [-0.4, -0.2) is 36.4 Å². The topological polar surface area (TPSA) is 133 Å². The summed E-state index contributed by atoms with van der Waals surface area (Å²) in [7, 11) is 1.13. The lowest BCUT2D eigenvalue weighted by Gasteiger charge is -2.19. The maximum atomic E-state index is 12.0. The highest BCUT2D eigenvalue weighted by Gasteiger charge is 2.36. The van der Waals surface area contributed by atoms with Gasteiger partial charge in [-0.05, 0) is 6.07 Å². The standard InChI is InChI=1S/C13H13N3O6/c1-22-13(19)9-5-8(16(20)21)2-3-10(9)15-6-7(12(14)18)4-11(15)17/h2-3,5,7H,4,6H2,1H3,(H2,14,18). The predicted molar refractivity (Wildman–Crippen MR) is 74.1 cm³/mol. The summed E-state index contributed by atoms with van der Waals surface area (Å²) in [5.41, 5.74) is 4.93. The van der Waals surface area contributed by atoms with Gasteiger partial charge in [-0.1, -0.05) is 0 Å². The number of nitrogens with zero attached hydrogens (tertiary/aromatic N) is 2. The van der Waals surface area contributed by atoms with E-state index in [0.717, 1.165) is 13.2 Å². The van der Waals surface area contributed by atoms with Crippen molar-refractivity contribution in [2.75, 3.05) is 18.6 Å². The number of carbonyl (C=O) groups excluding carboxylic acids is 3. The van der Waals surface area contributed by atoms with Gasteiger partial charge in [0, 0.05) is 25.1 Å². The third kappa shape index (κ3) is 2.73. The van der Waals surface area contributed by atoms with Crippen molar-refractivity contribution >= 4 is 29.2 Å². The van der Waals surface area contributed by atoms with Crippen molar-refractivity contribution in [3.8, 4) is 0 Å². The van der Waals surface area contributed by atoms with Gasteiger partial charge in [0.15, 0.2) is 0 Å². The number of hydrogen-bond donors (Lipinski definition) is 1. The van der Waals surface area contributed by atoms with Crippen LogP contribution in [0.1, 0.15) is 16.8 Å². The van der Waals surface area contributed by atoms with Crippen LogP contribution >= 0.6 is 0 Å². The van der Waals surface area contributed by atoms with Gasteiger partial charge in [-0.2, -0.15) is 0 Å². The fourth-order valence-corrected chi connectivity index (χ4v) is 2.28. The van der Waals surface area contributed by atoms with E-state index in [-0.39, 0.29) is 35.8 Å². The molecule has 1 atom stereocenters. The molecule has 1 aromatic carbocycles. The molecule has 2 amide bonds. The van der Waals surface area contributed by atoms with E-state index in [1.54, 1.807) is 0 Å². The van der Waals surface area contributed by atoms with Crippen LogP contribution in [0.25, 0.3) is 0 Å². The average molecular weight is 307 g/mol. The first-order chi connectivity index (χ1) is 10.3. The van der Waals surface area contributed by atoms with Gasteiger partial charge in [0.05, 0.1) is 29.2 Å². The molecule has 2 N–H and O–H groups in total. The van der Waals surface area contributed by atoms with Gasteiger partial charge in [-0.15, -0.1) is 0 Å². The van der Waals surface area contributed by atoms with Crippen LogP contribution in [-0.2, 0) is 14.3 Å². The SMILES string of the molecule is COC(=O)c1cc([N+](=O)[O-])ccc1N1CC(C(N)=O)CC1=O. The van der Waals surface area contributed by atoms with Crippen LogP contribution in [0, 0.1) is 16.0 Å². The molecule has 9 heteroatoms. The summed E-state index contributed by atoms with van der Waals surface area (Å²) >= 11 is 0. The first kappa shape index (κ1) is 15.4. The van der Waals surface area contributed by atoms with Gasteiger partial charge in [-0.3, -0.25) is 19.7 Å². The highest BCUT2D eigenvalue weighted by Crippen LogP contribution is 2.31. The highest BCUT2D eigenvalue weighted by atomic mass is 16.6.